The van der Waals surface area contributed by atoms with Gasteiger partial charge >= 0.3 is 23.9 Å². The Morgan fingerprint density at radius 2 is 1.52 bits per heavy atom. The van der Waals surface area contributed by atoms with E-state index in [9.17, 15) is 19.2 Å². The van der Waals surface area contributed by atoms with Crippen molar-refractivity contribution in [1.82, 2.24) is 4.98 Å². The molecule has 0 saturated carbocycles. The molecular weight excluding hydrogens is 432 g/mol. The van der Waals surface area contributed by atoms with Gasteiger partial charge in [0.2, 0.25) is 0 Å². The number of anilines is 1. The summed E-state index contributed by atoms with van der Waals surface area (Å²) in [5.41, 5.74) is 5.17. The lowest BCUT2D eigenvalue weighted by Crippen LogP contribution is -2.61. The van der Waals surface area contributed by atoms with Crippen molar-refractivity contribution >= 4 is 41.3 Å². The number of hydrogen-bond donors (Lipinski definition) is 1. The Hall–Kier alpha value is -2.86. The third-order valence-electron chi connectivity index (χ3n) is 3.94. The highest BCUT2D eigenvalue weighted by molar-refractivity contribution is 7.99. The van der Waals surface area contributed by atoms with Crippen molar-refractivity contribution in [1.29, 1.82) is 0 Å². The van der Waals surface area contributed by atoms with Crippen LogP contribution in [0.3, 0.4) is 0 Å². The molecule has 170 valence electrons. The molecule has 1 aliphatic rings. The van der Waals surface area contributed by atoms with Gasteiger partial charge in [0.15, 0.2) is 23.7 Å². The molecule has 0 bridgehead atoms. The van der Waals surface area contributed by atoms with Crippen LogP contribution in [0.25, 0.3) is 0 Å². The second kappa shape index (κ2) is 11.0. The zero-order valence-electron chi connectivity index (χ0n) is 17.4. The predicted molar refractivity (Wildman–Crippen MR) is 106 cm³/mol. The Balaban J connectivity index is 2.43. The molecule has 0 unspecified atom stereocenters. The van der Waals surface area contributed by atoms with Gasteiger partial charge in [-0.3, -0.25) is 19.2 Å². The summed E-state index contributed by atoms with van der Waals surface area (Å²) in [7, 11) is 0. The van der Waals surface area contributed by atoms with Crippen molar-refractivity contribution in [3.63, 3.8) is 0 Å². The monoisotopic (exact) mass is 456 g/mol. The minimum Gasteiger partial charge on any atom is -0.463 e. The summed E-state index contributed by atoms with van der Waals surface area (Å²) in [4.78, 5) is 50.8. The molecule has 12 heteroatoms. The number of carbonyl (C=O) groups is 4. The van der Waals surface area contributed by atoms with Gasteiger partial charge < -0.3 is 29.4 Å². The van der Waals surface area contributed by atoms with Crippen LogP contribution in [0, 0.1) is 0 Å². The predicted octanol–water partition coefficient (Wildman–Crippen LogP) is 0.839. The van der Waals surface area contributed by atoms with Gasteiger partial charge in [-0.25, -0.2) is 4.98 Å². The number of esters is 4. The van der Waals surface area contributed by atoms with E-state index in [0.717, 1.165) is 25.6 Å². The average Bonchev–Trinajstić information content (AvgIpc) is 2.65. The van der Waals surface area contributed by atoms with Gasteiger partial charge in [0.05, 0.1) is 16.9 Å². The molecule has 0 aliphatic carbocycles. The summed E-state index contributed by atoms with van der Waals surface area (Å²) in [6.07, 6.45) is -3.13. The number of nitrogens with two attached hydrogens (primary N) is 1. The van der Waals surface area contributed by atoms with E-state index in [1.807, 2.05) is 0 Å². The second-order valence-corrected chi connectivity index (χ2v) is 7.73. The Morgan fingerprint density at radius 3 is 2.03 bits per heavy atom. The van der Waals surface area contributed by atoms with Crippen molar-refractivity contribution < 1.29 is 42.9 Å². The number of rotatable bonds is 7. The lowest BCUT2D eigenvalue weighted by atomic mass is 9.99. The summed E-state index contributed by atoms with van der Waals surface area (Å²) >= 11 is 1.07. The Labute approximate surface area is 182 Å². The van der Waals surface area contributed by atoms with Crippen LogP contribution in [0.4, 0.5) is 5.69 Å². The summed E-state index contributed by atoms with van der Waals surface area (Å²) in [6.45, 7) is 4.42. The lowest BCUT2D eigenvalue weighted by Gasteiger charge is -2.44. The van der Waals surface area contributed by atoms with E-state index in [1.54, 1.807) is 12.1 Å². The molecule has 1 aromatic heterocycles. The van der Waals surface area contributed by atoms with Gasteiger partial charge in [0.1, 0.15) is 12.7 Å². The fourth-order valence-corrected chi connectivity index (χ4v) is 3.91. The molecule has 0 spiro atoms. The number of nitrogen functional groups attached to an aromatic ring is 1. The second-order valence-electron chi connectivity index (χ2n) is 6.62. The lowest BCUT2D eigenvalue weighted by molar-refractivity contribution is -0.237. The summed E-state index contributed by atoms with van der Waals surface area (Å²) in [5.74, 6) is -2.63. The van der Waals surface area contributed by atoms with Crippen molar-refractivity contribution in [2.45, 2.75) is 62.6 Å². The summed E-state index contributed by atoms with van der Waals surface area (Å²) in [6, 6.07) is 3.26. The van der Waals surface area contributed by atoms with Crippen molar-refractivity contribution in [2.75, 3.05) is 12.3 Å². The maximum Gasteiger partial charge on any atom is 0.303 e. The highest BCUT2D eigenvalue weighted by Crippen LogP contribution is 2.37. The topological polar surface area (TPSA) is 153 Å². The highest BCUT2D eigenvalue weighted by atomic mass is 32.2. The minimum absolute atomic E-state index is 0.288. The molecule has 2 N–H and O–H groups in total. The average molecular weight is 456 g/mol. The molecule has 5 atom stereocenters. The maximum absolute atomic E-state index is 11.8. The molecule has 0 amide bonds. The number of aromatic nitrogens is 1. The van der Waals surface area contributed by atoms with E-state index in [2.05, 4.69) is 4.98 Å². The number of thioether (sulfide) groups is 1. The third-order valence-corrected chi connectivity index (χ3v) is 5.04. The van der Waals surface area contributed by atoms with E-state index in [0.29, 0.717) is 10.7 Å². The van der Waals surface area contributed by atoms with E-state index in [1.165, 1.54) is 20.0 Å². The molecule has 31 heavy (non-hydrogen) atoms. The number of hydrogen-bond acceptors (Lipinski definition) is 12. The van der Waals surface area contributed by atoms with Gasteiger partial charge in [-0.15, -0.1) is 0 Å². The number of carbonyl (C=O) groups excluding carboxylic acids is 4. The highest BCUT2D eigenvalue weighted by Gasteiger charge is 2.52. The molecule has 0 aromatic carbocycles. The molecule has 2 heterocycles. The number of ether oxygens (including phenoxy) is 5. The standard InChI is InChI=1S/C19H24N2O9S/c1-9(22)26-8-14-16(27-10(2)23)17(28-11(3)24)18(29-12(4)25)19(30-14)31-15-6-5-13(20)7-21-15/h5-7,14,16-19H,8,20H2,1-4H3/t14-,16-,17+,18-,19+/m1/s1. The van der Waals surface area contributed by atoms with Gasteiger partial charge in [0.25, 0.3) is 0 Å². The summed E-state index contributed by atoms with van der Waals surface area (Å²) < 4.78 is 27.1. The largest absolute Gasteiger partial charge is 0.463 e. The Kier molecular flexibility index (Phi) is 8.63. The first-order chi connectivity index (χ1) is 14.6. The first-order valence-electron chi connectivity index (χ1n) is 9.25. The van der Waals surface area contributed by atoms with Crippen molar-refractivity contribution in [2.24, 2.45) is 0 Å². The summed E-state index contributed by atoms with van der Waals surface area (Å²) in [5, 5.41) is 0.482. The minimum atomic E-state index is -1.22. The van der Waals surface area contributed by atoms with E-state index < -0.39 is 53.7 Å². The van der Waals surface area contributed by atoms with Crippen molar-refractivity contribution in [3.8, 4) is 0 Å². The molecular formula is C19H24N2O9S. The zero-order chi connectivity index (χ0) is 23.1. The maximum atomic E-state index is 11.8. The van der Waals surface area contributed by atoms with Crippen LogP contribution in [0.1, 0.15) is 27.7 Å². The van der Waals surface area contributed by atoms with E-state index in [4.69, 9.17) is 29.4 Å². The molecule has 11 nitrogen and oxygen atoms in total. The number of pyridine rings is 1. The van der Waals surface area contributed by atoms with Crippen LogP contribution in [0.2, 0.25) is 0 Å². The quantitative estimate of drug-likeness (QED) is 0.457. The zero-order valence-corrected chi connectivity index (χ0v) is 18.2. The van der Waals surface area contributed by atoms with Gasteiger partial charge in [0, 0.05) is 27.7 Å². The van der Waals surface area contributed by atoms with E-state index >= 15 is 0 Å². The van der Waals surface area contributed by atoms with Gasteiger partial charge in [-0.05, 0) is 12.1 Å². The Morgan fingerprint density at radius 1 is 0.935 bits per heavy atom. The SMILES string of the molecule is CC(=O)OC[C@H]1O[C@@H](Sc2ccc(N)cn2)[C@H](OC(C)=O)[C@@H](OC(C)=O)[C@@H]1OC(C)=O. The molecule has 1 aromatic rings. The molecule has 1 aliphatic heterocycles. The third kappa shape index (κ3) is 7.40. The van der Waals surface area contributed by atoms with Crippen LogP contribution in [-0.4, -0.2) is 65.3 Å². The van der Waals surface area contributed by atoms with Crippen molar-refractivity contribution in [3.05, 3.63) is 18.3 Å². The number of nitrogens with zero attached hydrogens (tertiary/aromatic N) is 1. The smallest absolute Gasteiger partial charge is 0.303 e. The molecule has 1 saturated heterocycles. The fraction of sp³-hybridized carbons (Fsp3) is 0.526. The molecule has 2 rings (SSSR count). The van der Waals surface area contributed by atoms with Gasteiger partial charge in [-0.1, -0.05) is 11.8 Å². The van der Waals surface area contributed by atoms with Crippen LogP contribution in [0.5, 0.6) is 0 Å². The Bertz CT molecular complexity index is 817. The molecule has 1 fully saturated rings. The van der Waals surface area contributed by atoms with Crippen LogP contribution in [0.15, 0.2) is 23.4 Å². The van der Waals surface area contributed by atoms with Crippen LogP contribution in [-0.2, 0) is 42.9 Å². The van der Waals surface area contributed by atoms with Crippen LogP contribution < -0.4 is 5.73 Å². The normalized spacial score (nSPS) is 25.2. The first-order valence-corrected chi connectivity index (χ1v) is 10.1. The molecule has 0 radical (unpaired) electrons. The fourth-order valence-electron chi connectivity index (χ4n) is 2.86. The first kappa shape index (κ1) is 24.4. The van der Waals surface area contributed by atoms with E-state index in [-0.39, 0.29) is 6.61 Å². The van der Waals surface area contributed by atoms with Crippen LogP contribution >= 0.6 is 11.8 Å². The van der Waals surface area contributed by atoms with Gasteiger partial charge in [-0.2, -0.15) is 0 Å².